The van der Waals surface area contributed by atoms with E-state index in [0.717, 1.165) is 10.6 Å². The molecule has 0 saturated heterocycles. The van der Waals surface area contributed by atoms with Crippen LogP contribution in [0.4, 0.5) is 5.13 Å². The molecule has 2 aromatic carbocycles. The second-order valence-corrected chi connectivity index (χ2v) is 9.31. The summed E-state index contributed by atoms with van der Waals surface area (Å²) in [6.07, 6.45) is 0. The van der Waals surface area contributed by atoms with Gasteiger partial charge in [-0.15, -0.1) is 10.2 Å². The molecule has 0 spiro atoms. The summed E-state index contributed by atoms with van der Waals surface area (Å²) >= 11 is 1.41. The molecule has 0 radical (unpaired) electrons. The summed E-state index contributed by atoms with van der Waals surface area (Å²) in [6.45, 7) is 14.9. The Kier molecular flexibility index (Phi) is 5.39. The van der Waals surface area contributed by atoms with Crippen molar-refractivity contribution >= 4 is 22.4 Å². The van der Waals surface area contributed by atoms with Gasteiger partial charge in [0.25, 0.3) is 5.91 Å². The van der Waals surface area contributed by atoms with Gasteiger partial charge >= 0.3 is 0 Å². The molecule has 5 heteroatoms. The molecule has 0 aliphatic carbocycles. The van der Waals surface area contributed by atoms with Gasteiger partial charge in [0.15, 0.2) is 0 Å². The number of aromatic nitrogens is 2. The number of rotatable bonds is 3. The van der Waals surface area contributed by atoms with E-state index >= 15 is 0 Å². The van der Waals surface area contributed by atoms with Gasteiger partial charge in [-0.25, -0.2) is 0 Å². The van der Waals surface area contributed by atoms with Crippen LogP contribution in [0.25, 0.3) is 10.6 Å². The summed E-state index contributed by atoms with van der Waals surface area (Å²) in [7, 11) is 0. The molecule has 0 bridgehead atoms. The van der Waals surface area contributed by atoms with E-state index in [1.807, 2.05) is 24.3 Å². The van der Waals surface area contributed by atoms with Crippen LogP contribution in [0.5, 0.6) is 0 Å². The highest BCUT2D eigenvalue weighted by Crippen LogP contribution is 2.34. The highest BCUT2D eigenvalue weighted by molar-refractivity contribution is 7.18. The lowest BCUT2D eigenvalue weighted by Gasteiger charge is -2.18. The fourth-order valence-electron chi connectivity index (χ4n) is 3.20. The third kappa shape index (κ3) is 3.99. The van der Waals surface area contributed by atoms with E-state index in [-0.39, 0.29) is 11.3 Å². The Hall–Kier alpha value is -2.53. The highest BCUT2D eigenvalue weighted by atomic mass is 32.1. The number of aryl methyl sites for hydroxylation is 2. The summed E-state index contributed by atoms with van der Waals surface area (Å²) in [5.41, 5.74) is 7.86. The molecule has 146 valence electrons. The first kappa shape index (κ1) is 20.2. The molecule has 0 aliphatic heterocycles. The van der Waals surface area contributed by atoms with Crippen molar-refractivity contribution in [1.82, 2.24) is 10.2 Å². The van der Waals surface area contributed by atoms with Gasteiger partial charge in [-0.3, -0.25) is 10.1 Å². The predicted octanol–water partition coefficient (Wildman–Crippen LogP) is 5.99. The zero-order chi connectivity index (χ0) is 20.6. The van der Waals surface area contributed by atoms with E-state index in [9.17, 15) is 4.79 Å². The van der Waals surface area contributed by atoms with Crippen LogP contribution in [0.15, 0.2) is 30.3 Å². The van der Waals surface area contributed by atoms with E-state index in [1.54, 1.807) is 0 Å². The maximum absolute atomic E-state index is 12.6. The van der Waals surface area contributed by atoms with Crippen LogP contribution >= 0.6 is 11.3 Å². The fourth-order valence-corrected chi connectivity index (χ4v) is 4.10. The molecule has 1 aromatic heterocycles. The smallest absolute Gasteiger partial charge is 0.257 e. The standard InChI is InChI=1S/C23H27N3OS/c1-13-12-14(2)16(4)19(15(13)3)21-25-26-22(28-21)24-20(27)17-8-10-18(11-9-17)23(5,6)7/h8-12H,1-7H3,(H,24,26,27). The van der Waals surface area contributed by atoms with Crippen LogP contribution < -0.4 is 5.32 Å². The van der Waals surface area contributed by atoms with Crippen LogP contribution in [0, 0.1) is 27.7 Å². The molecule has 1 heterocycles. The first-order valence-corrected chi connectivity index (χ1v) is 10.2. The Labute approximate surface area is 171 Å². The number of hydrogen-bond acceptors (Lipinski definition) is 4. The van der Waals surface area contributed by atoms with Crippen LogP contribution in [-0.4, -0.2) is 16.1 Å². The van der Waals surface area contributed by atoms with Gasteiger partial charge in [-0.2, -0.15) is 0 Å². The molecule has 0 unspecified atom stereocenters. The van der Waals surface area contributed by atoms with E-state index in [0.29, 0.717) is 10.7 Å². The number of anilines is 1. The van der Waals surface area contributed by atoms with Crippen molar-refractivity contribution in [1.29, 1.82) is 0 Å². The van der Waals surface area contributed by atoms with E-state index < -0.39 is 0 Å². The topological polar surface area (TPSA) is 54.9 Å². The Morgan fingerprint density at radius 2 is 1.50 bits per heavy atom. The van der Waals surface area contributed by atoms with Crippen LogP contribution in [0.2, 0.25) is 0 Å². The predicted molar refractivity (Wildman–Crippen MR) is 117 cm³/mol. The van der Waals surface area contributed by atoms with Gasteiger partial charge in [-0.1, -0.05) is 50.3 Å². The molecule has 28 heavy (non-hydrogen) atoms. The minimum Gasteiger partial charge on any atom is -0.296 e. The summed E-state index contributed by atoms with van der Waals surface area (Å²) in [6, 6.07) is 9.91. The molecule has 0 aliphatic rings. The normalized spacial score (nSPS) is 11.5. The van der Waals surface area contributed by atoms with Crippen LogP contribution in [0.3, 0.4) is 0 Å². The minimum atomic E-state index is -0.169. The first-order chi connectivity index (χ1) is 13.1. The van der Waals surface area contributed by atoms with Crippen LogP contribution in [-0.2, 0) is 5.41 Å². The van der Waals surface area contributed by atoms with Crippen molar-refractivity contribution in [2.24, 2.45) is 0 Å². The number of carbonyl (C=O) groups excluding carboxylic acids is 1. The SMILES string of the molecule is Cc1cc(C)c(C)c(-c2nnc(NC(=O)c3ccc(C(C)(C)C)cc3)s2)c1C. The maximum Gasteiger partial charge on any atom is 0.257 e. The molecule has 3 rings (SSSR count). The molecule has 4 nitrogen and oxygen atoms in total. The number of benzene rings is 2. The van der Waals surface area contributed by atoms with Crippen molar-refractivity contribution in [3.8, 4) is 10.6 Å². The van der Waals surface area contributed by atoms with Gasteiger partial charge < -0.3 is 0 Å². The molecule has 1 N–H and O–H groups in total. The summed E-state index contributed by atoms with van der Waals surface area (Å²) in [5, 5.41) is 12.8. The number of nitrogens with zero attached hydrogens (tertiary/aromatic N) is 2. The van der Waals surface area contributed by atoms with Crippen molar-refractivity contribution in [2.45, 2.75) is 53.9 Å². The number of amides is 1. The molecule has 3 aromatic rings. The van der Waals surface area contributed by atoms with Crippen LogP contribution in [0.1, 0.15) is 58.9 Å². The molecule has 0 fully saturated rings. The van der Waals surface area contributed by atoms with Gasteiger partial charge in [-0.05, 0) is 73.1 Å². The molecular formula is C23H27N3OS. The number of nitrogens with one attached hydrogen (secondary N) is 1. The molecular weight excluding hydrogens is 366 g/mol. The summed E-state index contributed by atoms with van der Waals surface area (Å²) < 4.78 is 0. The highest BCUT2D eigenvalue weighted by Gasteiger charge is 2.17. The summed E-state index contributed by atoms with van der Waals surface area (Å²) in [4.78, 5) is 12.6. The monoisotopic (exact) mass is 393 g/mol. The third-order valence-corrected chi connectivity index (χ3v) is 6.09. The van der Waals surface area contributed by atoms with Gasteiger partial charge in [0.2, 0.25) is 5.13 Å². The number of hydrogen-bond donors (Lipinski definition) is 1. The Morgan fingerprint density at radius 1 is 0.929 bits per heavy atom. The van der Waals surface area contributed by atoms with Crippen molar-refractivity contribution in [3.05, 3.63) is 63.7 Å². The lowest BCUT2D eigenvalue weighted by molar-refractivity contribution is 0.102. The molecule has 0 atom stereocenters. The lowest BCUT2D eigenvalue weighted by atomic mass is 9.87. The average molecular weight is 394 g/mol. The average Bonchev–Trinajstić information content (AvgIpc) is 3.07. The fraction of sp³-hybridized carbons (Fsp3) is 0.348. The Morgan fingerprint density at radius 3 is 2.04 bits per heavy atom. The quantitative estimate of drug-likeness (QED) is 0.595. The van der Waals surface area contributed by atoms with Crippen molar-refractivity contribution in [2.75, 3.05) is 5.32 Å². The molecule has 1 amide bonds. The molecule has 0 saturated carbocycles. The zero-order valence-electron chi connectivity index (χ0n) is 17.6. The van der Waals surface area contributed by atoms with E-state index in [1.165, 1.54) is 39.2 Å². The number of carbonyl (C=O) groups is 1. The second kappa shape index (κ2) is 7.47. The zero-order valence-corrected chi connectivity index (χ0v) is 18.4. The maximum atomic E-state index is 12.6. The van der Waals surface area contributed by atoms with E-state index in [2.05, 4.69) is 70.0 Å². The Balaban J connectivity index is 1.83. The first-order valence-electron chi connectivity index (χ1n) is 9.41. The Bertz CT molecular complexity index is 1000. The second-order valence-electron chi connectivity index (χ2n) is 8.33. The van der Waals surface area contributed by atoms with E-state index in [4.69, 9.17) is 0 Å². The largest absolute Gasteiger partial charge is 0.296 e. The summed E-state index contributed by atoms with van der Waals surface area (Å²) in [5.74, 6) is -0.169. The van der Waals surface area contributed by atoms with Crippen molar-refractivity contribution < 1.29 is 4.79 Å². The third-order valence-electron chi connectivity index (χ3n) is 5.24. The lowest BCUT2D eigenvalue weighted by Crippen LogP contribution is -2.14. The van der Waals surface area contributed by atoms with Gasteiger partial charge in [0.05, 0.1) is 0 Å². The van der Waals surface area contributed by atoms with Gasteiger partial charge in [0.1, 0.15) is 5.01 Å². The minimum absolute atomic E-state index is 0.0603. The van der Waals surface area contributed by atoms with Gasteiger partial charge in [0, 0.05) is 11.1 Å². The van der Waals surface area contributed by atoms with Crippen molar-refractivity contribution in [3.63, 3.8) is 0 Å².